The molecule has 0 saturated heterocycles. The standard InChI is InChI=1S/C15H16O4/c1-11(15(18)19)6-5-9-13(16)14(17)10-12-7-3-2-4-8-12/h2-4,7-8H,1,5-6,9-10H2,(H,18,19). The molecule has 0 heterocycles. The van der Waals surface area contributed by atoms with E-state index in [9.17, 15) is 14.4 Å². The van der Waals surface area contributed by atoms with Crippen molar-refractivity contribution in [2.24, 2.45) is 0 Å². The number of carbonyl (C=O) groups excluding carboxylic acids is 2. The van der Waals surface area contributed by atoms with E-state index in [2.05, 4.69) is 6.58 Å². The molecule has 0 fully saturated rings. The first-order valence-corrected chi connectivity index (χ1v) is 6.01. The van der Waals surface area contributed by atoms with Gasteiger partial charge in [-0.1, -0.05) is 36.9 Å². The van der Waals surface area contributed by atoms with Crippen molar-refractivity contribution in [2.45, 2.75) is 25.7 Å². The van der Waals surface area contributed by atoms with Crippen LogP contribution in [-0.2, 0) is 20.8 Å². The second-order valence-corrected chi connectivity index (χ2v) is 4.27. The Bertz CT molecular complexity index is 488. The number of benzene rings is 1. The number of Topliss-reactive ketones (excluding diaryl/α,β-unsaturated/α-hetero) is 2. The Labute approximate surface area is 111 Å². The Kier molecular flexibility index (Phi) is 5.67. The van der Waals surface area contributed by atoms with Crippen LogP contribution in [0, 0.1) is 0 Å². The molecular weight excluding hydrogens is 244 g/mol. The van der Waals surface area contributed by atoms with Gasteiger partial charge in [-0.25, -0.2) is 4.79 Å². The minimum absolute atomic E-state index is 0.0586. The first-order chi connectivity index (χ1) is 9.00. The summed E-state index contributed by atoms with van der Waals surface area (Å²) in [5.74, 6) is -1.96. The van der Waals surface area contributed by atoms with Gasteiger partial charge in [0.1, 0.15) is 0 Å². The third-order valence-corrected chi connectivity index (χ3v) is 2.70. The largest absolute Gasteiger partial charge is 0.478 e. The highest BCUT2D eigenvalue weighted by Gasteiger charge is 2.14. The van der Waals surface area contributed by atoms with Gasteiger partial charge in [0, 0.05) is 18.4 Å². The second kappa shape index (κ2) is 7.26. The van der Waals surface area contributed by atoms with Gasteiger partial charge in [-0.15, -0.1) is 0 Å². The van der Waals surface area contributed by atoms with Crippen LogP contribution in [0.4, 0.5) is 0 Å². The van der Waals surface area contributed by atoms with Crippen LogP contribution in [-0.4, -0.2) is 22.6 Å². The van der Waals surface area contributed by atoms with E-state index >= 15 is 0 Å². The van der Waals surface area contributed by atoms with E-state index in [-0.39, 0.29) is 24.8 Å². The van der Waals surface area contributed by atoms with Crippen LogP contribution in [0.2, 0.25) is 0 Å². The average Bonchev–Trinajstić information content (AvgIpc) is 2.39. The molecule has 4 nitrogen and oxygen atoms in total. The van der Waals surface area contributed by atoms with E-state index in [1.165, 1.54) is 0 Å². The Balaban J connectivity index is 2.36. The number of carboxylic acids is 1. The number of rotatable bonds is 8. The van der Waals surface area contributed by atoms with E-state index < -0.39 is 17.5 Å². The molecule has 0 unspecified atom stereocenters. The Morgan fingerprint density at radius 2 is 1.63 bits per heavy atom. The predicted octanol–water partition coefficient (Wildman–Crippen LogP) is 2.18. The van der Waals surface area contributed by atoms with Crippen molar-refractivity contribution in [3.63, 3.8) is 0 Å². The van der Waals surface area contributed by atoms with Gasteiger partial charge >= 0.3 is 5.97 Å². The summed E-state index contributed by atoms with van der Waals surface area (Å²) in [5.41, 5.74) is 0.860. The average molecular weight is 260 g/mol. The molecule has 1 aromatic rings. The molecule has 0 spiro atoms. The molecule has 0 aliphatic rings. The van der Waals surface area contributed by atoms with Crippen molar-refractivity contribution in [1.82, 2.24) is 0 Å². The summed E-state index contributed by atoms with van der Waals surface area (Å²) in [6, 6.07) is 9.04. The van der Waals surface area contributed by atoms with Crippen LogP contribution in [0.5, 0.6) is 0 Å². The molecule has 1 aromatic carbocycles. The fraction of sp³-hybridized carbons (Fsp3) is 0.267. The van der Waals surface area contributed by atoms with E-state index in [0.717, 1.165) is 5.56 Å². The van der Waals surface area contributed by atoms with Crippen molar-refractivity contribution < 1.29 is 19.5 Å². The lowest BCUT2D eigenvalue weighted by molar-refractivity contribution is -0.136. The first kappa shape index (κ1) is 14.8. The van der Waals surface area contributed by atoms with Crippen molar-refractivity contribution in [1.29, 1.82) is 0 Å². The van der Waals surface area contributed by atoms with Gasteiger partial charge in [-0.3, -0.25) is 9.59 Å². The Morgan fingerprint density at radius 1 is 1.00 bits per heavy atom. The number of ketones is 2. The number of hydrogen-bond donors (Lipinski definition) is 1. The molecule has 0 atom stereocenters. The summed E-state index contributed by atoms with van der Waals surface area (Å²) in [4.78, 5) is 33.7. The van der Waals surface area contributed by atoms with Gasteiger partial charge in [0.05, 0.1) is 0 Å². The van der Waals surface area contributed by atoms with Gasteiger partial charge in [-0.2, -0.15) is 0 Å². The number of carbonyl (C=O) groups is 3. The summed E-state index contributed by atoms with van der Waals surface area (Å²) in [6.45, 7) is 3.37. The minimum Gasteiger partial charge on any atom is -0.478 e. The molecular formula is C15H16O4. The summed E-state index contributed by atoms with van der Waals surface area (Å²) < 4.78 is 0. The molecule has 19 heavy (non-hydrogen) atoms. The second-order valence-electron chi connectivity index (χ2n) is 4.27. The molecule has 1 rings (SSSR count). The first-order valence-electron chi connectivity index (χ1n) is 6.01. The third kappa shape index (κ3) is 5.29. The van der Waals surface area contributed by atoms with Gasteiger partial charge < -0.3 is 5.11 Å². The van der Waals surface area contributed by atoms with Gasteiger partial charge in [0.25, 0.3) is 0 Å². The Morgan fingerprint density at radius 3 is 2.21 bits per heavy atom. The Hall–Kier alpha value is -2.23. The van der Waals surface area contributed by atoms with Crippen molar-refractivity contribution in [3.05, 3.63) is 48.0 Å². The van der Waals surface area contributed by atoms with E-state index in [1.807, 2.05) is 18.2 Å². The highest BCUT2D eigenvalue weighted by atomic mass is 16.4. The van der Waals surface area contributed by atoms with E-state index in [4.69, 9.17) is 5.11 Å². The van der Waals surface area contributed by atoms with Gasteiger partial charge in [-0.05, 0) is 18.4 Å². The SMILES string of the molecule is C=C(CCCC(=O)C(=O)Cc1ccccc1)C(=O)O. The lowest BCUT2D eigenvalue weighted by Gasteiger charge is -2.01. The summed E-state index contributed by atoms with van der Waals surface area (Å²) in [6.07, 6.45) is 0.724. The fourth-order valence-electron chi connectivity index (χ4n) is 1.59. The van der Waals surface area contributed by atoms with Crippen LogP contribution < -0.4 is 0 Å². The number of aliphatic carboxylic acids is 1. The molecule has 0 aromatic heterocycles. The maximum absolute atomic E-state index is 11.6. The number of hydrogen-bond acceptors (Lipinski definition) is 3. The molecule has 4 heteroatoms. The van der Waals surface area contributed by atoms with Crippen molar-refractivity contribution in [3.8, 4) is 0 Å². The zero-order valence-corrected chi connectivity index (χ0v) is 10.6. The summed E-state index contributed by atoms with van der Waals surface area (Å²) in [5, 5.41) is 8.60. The molecule has 1 N–H and O–H groups in total. The molecule has 0 aliphatic heterocycles. The summed E-state index contributed by atoms with van der Waals surface area (Å²) >= 11 is 0. The highest BCUT2D eigenvalue weighted by Crippen LogP contribution is 2.07. The maximum atomic E-state index is 11.6. The lowest BCUT2D eigenvalue weighted by atomic mass is 10.0. The van der Waals surface area contributed by atoms with Crippen LogP contribution in [0.1, 0.15) is 24.8 Å². The molecule has 0 aliphatic carbocycles. The fourth-order valence-corrected chi connectivity index (χ4v) is 1.59. The van der Waals surface area contributed by atoms with Crippen molar-refractivity contribution >= 4 is 17.5 Å². The molecule has 0 bridgehead atoms. The van der Waals surface area contributed by atoms with Crippen LogP contribution in [0.25, 0.3) is 0 Å². The van der Waals surface area contributed by atoms with Crippen molar-refractivity contribution in [2.75, 3.05) is 0 Å². The topological polar surface area (TPSA) is 71.4 Å². The minimum atomic E-state index is -1.07. The molecule has 100 valence electrons. The van der Waals surface area contributed by atoms with E-state index in [0.29, 0.717) is 6.42 Å². The lowest BCUT2D eigenvalue weighted by Crippen LogP contribution is -2.16. The van der Waals surface area contributed by atoms with Crippen LogP contribution in [0.15, 0.2) is 42.5 Å². The quantitative estimate of drug-likeness (QED) is 0.574. The maximum Gasteiger partial charge on any atom is 0.330 e. The predicted molar refractivity (Wildman–Crippen MR) is 70.8 cm³/mol. The normalized spacial score (nSPS) is 9.89. The number of carboxylic acid groups (broad SMARTS) is 1. The van der Waals surface area contributed by atoms with Crippen LogP contribution >= 0.6 is 0 Å². The zero-order valence-electron chi connectivity index (χ0n) is 10.6. The third-order valence-electron chi connectivity index (χ3n) is 2.70. The smallest absolute Gasteiger partial charge is 0.330 e. The highest BCUT2D eigenvalue weighted by molar-refractivity contribution is 6.37. The van der Waals surface area contributed by atoms with Crippen LogP contribution in [0.3, 0.4) is 0 Å². The molecule has 0 saturated carbocycles. The zero-order chi connectivity index (χ0) is 14.3. The molecule has 0 radical (unpaired) electrons. The molecule has 0 amide bonds. The van der Waals surface area contributed by atoms with Gasteiger partial charge in [0.15, 0.2) is 5.78 Å². The summed E-state index contributed by atoms with van der Waals surface area (Å²) in [7, 11) is 0. The monoisotopic (exact) mass is 260 g/mol. The van der Waals surface area contributed by atoms with E-state index in [1.54, 1.807) is 12.1 Å². The van der Waals surface area contributed by atoms with Gasteiger partial charge in [0.2, 0.25) is 5.78 Å².